The predicted octanol–water partition coefficient (Wildman–Crippen LogP) is 2.76. The minimum Gasteiger partial charge on any atom is -0.481 e. The molecule has 2 atom stereocenters. The van der Waals surface area contributed by atoms with Crippen LogP contribution < -0.4 is 0 Å². The quantitative estimate of drug-likeness (QED) is 0.609. The molecule has 0 bridgehead atoms. The number of hydrogen-bond acceptors (Lipinski definition) is 4. The molecule has 3 rings (SSSR count). The Balaban J connectivity index is 1.87. The van der Waals surface area contributed by atoms with Crippen LogP contribution >= 0.6 is 0 Å². The van der Waals surface area contributed by atoms with Gasteiger partial charge in [0.1, 0.15) is 11.8 Å². The van der Waals surface area contributed by atoms with Crippen LogP contribution in [-0.4, -0.2) is 43.6 Å². The molecule has 0 heterocycles. The maximum absolute atomic E-state index is 11.9. The van der Waals surface area contributed by atoms with Crippen molar-refractivity contribution in [3.8, 4) is 0 Å². The first kappa shape index (κ1) is 20.0. The summed E-state index contributed by atoms with van der Waals surface area (Å²) in [7, 11) is 0. The SMILES string of the molecule is O=C(O)[C@H](c1ccccc1)C1(O)CCC(O)([C@@H](C(=O)O)c2ccccc2)CC1. The molecule has 4 N–H and O–H groups in total. The normalized spacial score (nSPS) is 26.9. The molecule has 0 aromatic heterocycles. The van der Waals surface area contributed by atoms with Gasteiger partial charge in [0.15, 0.2) is 0 Å². The Morgan fingerprint density at radius 2 is 0.929 bits per heavy atom. The Bertz CT molecular complexity index is 753. The lowest BCUT2D eigenvalue weighted by Crippen LogP contribution is -2.51. The number of carbonyl (C=O) groups is 2. The smallest absolute Gasteiger partial charge is 0.313 e. The molecule has 2 aromatic carbocycles. The maximum atomic E-state index is 11.9. The molecule has 0 aliphatic heterocycles. The monoisotopic (exact) mass is 384 g/mol. The highest BCUT2D eigenvalue weighted by atomic mass is 16.4. The van der Waals surface area contributed by atoms with Gasteiger partial charge >= 0.3 is 11.9 Å². The highest BCUT2D eigenvalue weighted by molar-refractivity contribution is 5.79. The molecule has 0 spiro atoms. The van der Waals surface area contributed by atoms with Gasteiger partial charge in [0.2, 0.25) is 0 Å². The zero-order valence-electron chi connectivity index (χ0n) is 15.4. The van der Waals surface area contributed by atoms with E-state index in [2.05, 4.69) is 0 Å². The Morgan fingerprint density at radius 1 is 0.643 bits per heavy atom. The third kappa shape index (κ3) is 3.79. The van der Waals surface area contributed by atoms with Crippen molar-refractivity contribution in [1.29, 1.82) is 0 Å². The van der Waals surface area contributed by atoms with E-state index in [0.717, 1.165) is 0 Å². The molecule has 2 aromatic rings. The lowest BCUT2D eigenvalue weighted by molar-refractivity contribution is -0.161. The topological polar surface area (TPSA) is 115 Å². The molecular weight excluding hydrogens is 360 g/mol. The first-order valence-electron chi connectivity index (χ1n) is 9.27. The average Bonchev–Trinajstić information content (AvgIpc) is 2.66. The lowest BCUT2D eigenvalue weighted by atomic mass is 9.64. The molecule has 0 unspecified atom stereocenters. The van der Waals surface area contributed by atoms with Crippen molar-refractivity contribution < 1.29 is 30.0 Å². The van der Waals surface area contributed by atoms with Gasteiger partial charge in [-0.15, -0.1) is 0 Å². The van der Waals surface area contributed by atoms with Crippen molar-refractivity contribution >= 4 is 11.9 Å². The Kier molecular flexibility index (Phi) is 5.54. The number of hydrogen-bond donors (Lipinski definition) is 4. The fourth-order valence-electron chi connectivity index (χ4n) is 4.35. The fourth-order valence-corrected chi connectivity index (χ4v) is 4.35. The van der Waals surface area contributed by atoms with Crippen LogP contribution in [0.2, 0.25) is 0 Å². The minimum absolute atomic E-state index is 0.00796. The van der Waals surface area contributed by atoms with Crippen LogP contribution in [-0.2, 0) is 9.59 Å². The van der Waals surface area contributed by atoms with Crippen molar-refractivity contribution in [2.24, 2.45) is 0 Å². The first-order valence-corrected chi connectivity index (χ1v) is 9.27. The Morgan fingerprint density at radius 3 is 1.18 bits per heavy atom. The molecule has 1 aliphatic carbocycles. The predicted molar refractivity (Wildman–Crippen MR) is 102 cm³/mol. The Labute approximate surface area is 163 Å². The molecule has 0 saturated heterocycles. The lowest BCUT2D eigenvalue weighted by Gasteiger charge is -2.45. The van der Waals surface area contributed by atoms with Crippen LogP contribution in [0.25, 0.3) is 0 Å². The number of carboxylic acid groups (broad SMARTS) is 2. The van der Waals surface area contributed by atoms with Crippen molar-refractivity contribution in [3.63, 3.8) is 0 Å². The molecule has 1 saturated carbocycles. The molecular formula is C22H24O6. The van der Waals surface area contributed by atoms with Crippen LogP contribution in [0.3, 0.4) is 0 Å². The third-order valence-electron chi connectivity index (χ3n) is 5.82. The molecule has 6 heteroatoms. The van der Waals surface area contributed by atoms with Gasteiger partial charge in [0.25, 0.3) is 0 Å². The summed E-state index contributed by atoms with van der Waals surface area (Å²) in [5.74, 6) is -4.56. The van der Waals surface area contributed by atoms with Gasteiger partial charge in [-0.2, -0.15) is 0 Å². The molecule has 1 fully saturated rings. The van der Waals surface area contributed by atoms with E-state index in [9.17, 15) is 30.0 Å². The number of rotatable bonds is 6. The standard InChI is InChI=1S/C22H24O6/c23-19(24)17(15-7-3-1-4-8-15)21(27)11-13-22(28,14-12-21)18(20(25)26)16-9-5-2-6-10-16/h1-10,17-18,27-28H,11-14H2,(H,23,24)(H,25,26)/t17-,18+,21?,22?. The zero-order chi connectivity index (χ0) is 20.4. The van der Waals surface area contributed by atoms with E-state index in [1.165, 1.54) is 0 Å². The second-order valence-electron chi connectivity index (χ2n) is 7.57. The highest BCUT2D eigenvalue weighted by Gasteiger charge is 2.52. The number of carboxylic acids is 2. The molecule has 148 valence electrons. The summed E-state index contributed by atoms with van der Waals surface area (Å²) in [6, 6.07) is 17.0. The van der Waals surface area contributed by atoms with E-state index in [0.29, 0.717) is 11.1 Å². The second kappa shape index (κ2) is 7.73. The van der Waals surface area contributed by atoms with Crippen molar-refractivity contribution in [2.75, 3.05) is 0 Å². The average molecular weight is 384 g/mol. The van der Waals surface area contributed by atoms with Crippen LogP contribution in [0, 0.1) is 0 Å². The van der Waals surface area contributed by atoms with E-state index < -0.39 is 35.0 Å². The number of aliphatic carboxylic acids is 2. The summed E-state index contributed by atoms with van der Waals surface area (Å²) < 4.78 is 0. The first-order chi connectivity index (χ1) is 13.3. The third-order valence-corrected chi connectivity index (χ3v) is 5.82. The van der Waals surface area contributed by atoms with Crippen molar-refractivity contribution in [3.05, 3.63) is 71.8 Å². The summed E-state index contributed by atoms with van der Waals surface area (Å²) >= 11 is 0. The van der Waals surface area contributed by atoms with E-state index in [1.807, 2.05) is 0 Å². The van der Waals surface area contributed by atoms with Crippen molar-refractivity contribution in [2.45, 2.75) is 48.7 Å². The number of benzene rings is 2. The van der Waals surface area contributed by atoms with Crippen LogP contribution in [0.4, 0.5) is 0 Å². The fraction of sp³-hybridized carbons (Fsp3) is 0.364. The van der Waals surface area contributed by atoms with E-state index >= 15 is 0 Å². The largest absolute Gasteiger partial charge is 0.481 e. The van der Waals surface area contributed by atoms with Gasteiger partial charge in [-0.05, 0) is 36.8 Å². The molecule has 1 aliphatic rings. The molecule has 0 amide bonds. The Hall–Kier alpha value is -2.70. The van der Waals surface area contributed by atoms with Crippen LogP contribution in [0.1, 0.15) is 48.6 Å². The van der Waals surface area contributed by atoms with Crippen LogP contribution in [0.5, 0.6) is 0 Å². The summed E-state index contributed by atoms with van der Waals surface area (Å²) in [6.45, 7) is 0. The van der Waals surface area contributed by atoms with Gasteiger partial charge in [0, 0.05) is 0 Å². The maximum Gasteiger partial charge on any atom is 0.313 e. The van der Waals surface area contributed by atoms with Crippen LogP contribution in [0.15, 0.2) is 60.7 Å². The van der Waals surface area contributed by atoms with Crippen molar-refractivity contribution in [1.82, 2.24) is 0 Å². The highest BCUT2D eigenvalue weighted by Crippen LogP contribution is 2.48. The molecule has 0 radical (unpaired) electrons. The van der Waals surface area contributed by atoms with Gasteiger partial charge in [-0.25, -0.2) is 0 Å². The van der Waals surface area contributed by atoms with E-state index in [1.54, 1.807) is 60.7 Å². The summed E-state index contributed by atoms with van der Waals surface area (Å²) in [5.41, 5.74) is -2.14. The summed E-state index contributed by atoms with van der Waals surface area (Å²) in [5, 5.41) is 41.7. The van der Waals surface area contributed by atoms with E-state index in [-0.39, 0.29) is 25.7 Å². The van der Waals surface area contributed by atoms with Gasteiger partial charge in [-0.1, -0.05) is 60.7 Å². The van der Waals surface area contributed by atoms with Gasteiger partial charge in [0.05, 0.1) is 11.2 Å². The second-order valence-corrected chi connectivity index (χ2v) is 7.57. The van der Waals surface area contributed by atoms with Gasteiger partial charge < -0.3 is 20.4 Å². The summed E-state index contributed by atoms with van der Waals surface area (Å²) in [6.07, 6.45) is -0.0318. The van der Waals surface area contributed by atoms with E-state index in [4.69, 9.17) is 0 Å². The molecule has 28 heavy (non-hydrogen) atoms. The number of aliphatic hydroxyl groups is 2. The zero-order valence-corrected chi connectivity index (χ0v) is 15.4. The minimum atomic E-state index is -1.56. The summed E-state index contributed by atoms with van der Waals surface area (Å²) in [4.78, 5) is 23.8. The molecule has 6 nitrogen and oxygen atoms in total. The van der Waals surface area contributed by atoms with Gasteiger partial charge in [-0.3, -0.25) is 9.59 Å².